The second-order valence-electron chi connectivity index (χ2n) is 8.39. The Balaban J connectivity index is 2.92. The van der Waals surface area contributed by atoms with Gasteiger partial charge in [-0.1, -0.05) is 26.8 Å². The van der Waals surface area contributed by atoms with Crippen LogP contribution in [0.2, 0.25) is 0 Å². The van der Waals surface area contributed by atoms with Crippen molar-refractivity contribution in [3.63, 3.8) is 0 Å². The first kappa shape index (κ1) is 28.1. The van der Waals surface area contributed by atoms with Crippen LogP contribution in [-0.2, 0) is 30.3 Å². The number of esters is 3. The topological polar surface area (TPSA) is 128 Å². The lowest BCUT2D eigenvalue weighted by molar-refractivity contribution is -0.158. The van der Waals surface area contributed by atoms with Gasteiger partial charge in [-0.05, 0) is 51.3 Å². The summed E-state index contributed by atoms with van der Waals surface area (Å²) in [6, 6.07) is 3.57. The second-order valence-corrected chi connectivity index (χ2v) is 8.39. The number of carboxylic acids is 1. The number of carbonyl (C=O) groups is 4. The van der Waals surface area contributed by atoms with E-state index in [1.807, 2.05) is 6.92 Å². The van der Waals surface area contributed by atoms with Gasteiger partial charge < -0.3 is 24.6 Å². The SMILES string of the molecule is CCC(=O)Oc1ccc(C[C@H](NCC(C)OC(=O)C(C)(C)CC)C(=O)O)cc1OC(=O)CC. The minimum Gasteiger partial charge on any atom is -0.480 e. The Hall–Kier alpha value is -2.94. The number of benzene rings is 1. The van der Waals surface area contributed by atoms with Gasteiger partial charge >= 0.3 is 23.9 Å². The third-order valence-electron chi connectivity index (χ3n) is 5.17. The second kappa shape index (κ2) is 12.9. The molecule has 0 aliphatic heterocycles. The van der Waals surface area contributed by atoms with E-state index in [9.17, 15) is 24.3 Å². The molecule has 0 saturated carbocycles. The highest BCUT2D eigenvalue weighted by atomic mass is 16.6. The van der Waals surface area contributed by atoms with Gasteiger partial charge in [-0.3, -0.25) is 19.2 Å². The van der Waals surface area contributed by atoms with E-state index < -0.39 is 35.5 Å². The molecule has 0 fully saturated rings. The van der Waals surface area contributed by atoms with Crippen molar-refractivity contribution in [3.05, 3.63) is 23.8 Å². The van der Waals surface area contributed by atoms with Crippen LogP contribution < -0.4 is 14.8 Å². The predicted molar refractivity (Wildman–Crippen MR) is 121 cm³/mol. The lowest BCUT2D eigenvalue weighted by Crippen LogP contribution is -2.43. The van der Waals surface area contributed by atoms with Gasteiger partial charge in [0, 0.05) is 19.4 Å². The highest BCUT2D eigenvalue weighted by molar-refractivity contribution is 5.77. The molecule has 0 aromatic heterocycles. The van der Waals surface area contributed by atoms with Crippen molar-refractivity contribution < 1.29 is 38.5 Å². The van der Waals surface area contributed by atoms with Crippen molar-refractivity contribution in [3.8, 4) is 11.5 Å². The maximum atomic E-state index is 12.2. The van der Waals surface area contributed by atoms with Gasteiger partial charge in [0.15, 0.2) is 11.5 Å². The van der Waals surface area contributed by atoms with Crippen LogP contribution in [0.15, 0.2) is 18.2 Å². The lowest BCUT2D eigenvalue weighted by atomic mass is 9.90. The van der Waals surface area contributed by atoms with Crippen LogP contribution in [0.3, 0.4) is 0 Å². The molecule has 1 unspecified atom stereocenters. The minimum absolute atomic E-state index is 0.0504. The van der Waals surface area contributed by atoms with Crippen molar-refractivity contribution in [1.29, 1.82) is 0 Å². The zero-order chi connectivity index (χ0) is 25.2. The molecule has 0 amide bonds. The summed E-state index contributed by atoms with van der Waals surface area (Å²) in [4.78, 5) is 47.4. The summed E-state index contributed by atoms with van der Waals surface area (Å²) in [5, 5.41) is 12.5. The number of carbonyl (C=O) groups excluding carboxylic acids is 3. The summed E-state index contributed by atoms with van der Waals surface area (Å²) in [6.45, 7) is 10.6. The fourth-order valence-corrected chi connectivity index (χ4v) is 2.55. The Bertz CT molecular complexity index is 849. The molecule has 0 aliphatic rings. The smallest absolute Gasteiger partial charge is 0.321 e. The van der Waals surface area contributed by atoms with Crippen molar-refractivity contribution in [2.45, 2.75) is 79.4 Å². The number of rotatable bonds is 13. The van der Waals surface area contributed by atoms with E-state index in [2.05, 4.69) is 5.32 Å². The van der Waals surface area contributed by atoms with Gasteiger partial charge in [0.2, 0.25) is 0 Å². The standard InChI is InChI=1S/C24H35NO8/c1-7-20(26)32-18-11-10-16(13-19(18)33-21(27)8-2)12-17(22(28)29)25-14-15(4)31-23(30)24(5,6)9-3/h10-11,13,15,17,25H,7-9,12,14H2,1-6H3,(H,28,29)/t15?,17-/m0/s1. The summed E-state index contributed by atoms with van der Waals surface area (Å²) in [7, 11) is 0. The summed E-state index contributed by atoms with van der Waals surface area (Å²) in [5.74, 6) is -2.29. The van der Waals surface area contributed by atoms with Crippen LogP contribution in [0.25, 0.3) is 0 Å². The molecular weight excluding hydrogens is 430 g/mol. The fourth-order valence-electron chi connectivity index (χ4n) is 2.55. The molecule has 1 rings (SSSR count). The number of hydrogen-bond donors (Lipinski definition) is 2. The minimum atomic E-state index is -1.09. The number of aliphatic carboxylic acids is 1. The molecule has 9 nitrogen and oxygen atoms in total. The van der Waals surface area contributed by atoms with E-state index in [0.29, 0.717) is 12.0 Å². The first-order valence-corrected chi connectivity index (χ1v) is 11.1. The quantitative estimate of drug-likeness (QED) is 0.333. The van der Waals surface area contributed by atoms with E-state index in [1.54, 1.807) is 40.7 Å². The van der Waals surface area contributed by atoms with E-state index >= 15 is 0 Å². The summed E-state index contributed by atoms with van der Waals surface area (Å²) in [6.07, 6.45) is 0.428. The number of nitrogens with one attached hydrogen (secondary N) is 1. The molecule has 2 atom stereocenters. The third kappa shape index (κ3) is 9.21. The van der Waals surface area contributed by atoms with Gasteiger partial charge in [-0.25, -0.2) is 0 Å². The average molecular weight is 466 g/mol. The molecule has 0 radical (unpaired) electrons. The van der Waals surface area contributed by atoms with Gasteiger partial charge in [-0.2, -0.15) is 0 Å². The summed E-state index contributed by atoms with van der Waals surface area (Å²) >= 11 is 0. The molecule has 9 heteroatoms. The lowest BCUT2D eigenvalue weighted by Gasteiger charge is -2.24. The molecule has 1 aromatic rings. The van der Waals surface area contributed by atoms with Crippen molar-refractivity contribution in [2.24, 2.45) is 5.41 Å². The highest BCUT2D eigenvalue weighted by Gasteiger charge is 2.29. The van der Waals surface area contributed by atoms with Gasteiger partial charge in [-0.15, -0.1) is 0 Å². The fraction of sp³-hybridized carbons (Fsp3) is 0.583. The van der Waals surface area contributed by atoms with E-state index in [4.69, 9.17) is 14.2 Å². The summed E-state index contributed by atoms with van der Waals surface area (Å²) in [5.41, 5.74) is -0.0580. The molecule has 0 spiro atoms. The Kier molecular flexibility index (Phi) is 11.0. The molecule has 0 bridgehead atoms. The molecule has 33 heavy (non-hydrogen) atoms. The average Bonchev–Trinajstić information content (AvgIpc) is 2.77. The van der Waals surface area contributed by atoms with Crippen LogP contribution >= 0.6 is 0 Å². The van der Waals surface area contributed by atoms with Gasteiger partial charge in [0.25, 0.3) is 0 Å². The zero-order valence-corrected chi connectivity index (χ0v) is 20.2. The normalized spacial score (nSPS) is 13.0. The molecule has 184 valence electrons. The molecule has 0 aliphatic carbocycles. The van der Waals surface area contributed by atoms with Crippen LogP contribution in [0, 0.1) is 5.41 Å². The van der Waals surface area contributed by atoms with Crippen LogP contribution in [0.1, 0.15) is 66.4 Å². The molecule has 0 saturated heterocycles. The van der Waals surface area contributed by atoms with Crippen LogP contribution in [-0.4, -0.2) is 47.7 Å². The van der Waals surface area contributed by atoms with E-state index in [0.717, 1.165) is 0 Å². The highest BCUT2D eigenvalue weighted by Crippen LogP contribution is 2.30. The molecule has 1 aromatic carbocycles. The number of hydrogen-bond acceptors (Lipinski definition) is 8. The number of ether oxygens (including phenoxy) is 3. The van der Waals surface area contributed by atoms with Crippen molar-refractivity contribution in [2.75, 3.05) is 6.54 Å². The number of carboxylic acid groups (broad SMARTS) is 1. The van der Waals surface area contributed by atoms with Crippen molar-refractivity contribution >= 4 is 23.9 Å². The Morgan fingerprint density at radius 2 is 1.58 bits per heavy atom. The summed E-state index contributed by atoms with van der Waals surface area (Å²) < 4.78 is 15.9. The predicted octanol–water partition coefficient (Wildman–Crippen LogP) is 3.27. The monoisotopic (exact) mass is 465 g/mol. The Morgan fingerprint density at radius 3 is 2.09 bits per heavy atom. The largest absolute Gasteiger partial charge is 0.480 e. The molecule has 0 heterocycles. The molecule has 2 N–H and O–H groups in total. The third-order valence-corrected chi connectivity index (χ3v) is 5.17. The van der Waals surface area contributed by atoms with Gasteiger partial charge in [0.1, 0.15) is 12.1 Å². The van der Waals surface area contributed by atoms with E-state index in [-0.39, 0.29) is 43.3 Å². The Morgan fingerprint density at radius 1 is 1.00 bits per heavy atom. The van der Waals surface area contributed by atoms with Gasteiger partial charge in [0.05, 0.1) is 5.41 Å². The maximum Gasteiger partial charge on any atom is 0.321 e. The van der Waals surface area contributed by atoms with Crippen LogP contribution in [0.4, 0.5) is 0 Å². The van der Waals surface area contributed by atoms with E-state index in [1.165, 1.54) is 12.1 Å². The van der Waals surface area contributed by atoms with Crippen LogP contribution in [0.5, 0.6) is 11.5 Å². The zero-order valence-electron chi connectivity index (χ0n) is 20.2. The Labute approximate surface area is 194 Å². The molecular formula is C24H35NO8. The van der Waals surface area contributed by atoms with Crippen molar-refractivity contribution in [1.82, 2.24) is 5.32 Å². The maximum absolute atomic E-state index is 12.2. The first-order valence-electron chi connectivity index (χ1n) is 11.1. The first-order chi connectivity index (χ1) is 15.4.